The lowest BCUT2D eigenvalue weighted by Gasteiger charge is -2.05. The van der Waals surface area contributed by atoms with Gasteiger partial charge < -0.3 is 14.6 Å². The van der Waals surface area contributed by atoms with E-state index >= 15 is 0 Å². The Hall–Kier alpha value is -2.25. The van der Waals surface area contributed by atoms with Crippen molar-refractivity contribution in [2.24, 2.45) is 7.05 Å². The van der Waals surface area contributed by atoms with E-state index in [9.17, 15) is 0 Å². The van der Waals surface area contributed by atoms with E-state index in [-0.39, 0.29) is 0 Å². The molecule has 0 atom stereocenters. The Bertz CT molecular complexity index is 610. The SMILES string of the molecule is COc1cccc(CCNCc2cc(C#N)n(C)c2)c1. The van der Waals surface area contributed by atoms with Gasteiger partial charge in [0.25, 0.3) is 0 Å². The number of hydrogen-bond donors (Lipinski definition) is 1. The molecular weight excluding hydrogens is 250 g/mol. The Morgan fingerprint density at radius 1 is 1.30 bits per heavy atom. The van der Waals surface area contributed by atoms with E-state index in [2.05, 4.69) is 23.5 Å². The third kappa shape index (κ3) is 3.62. The number of hydrogen-bond acceptors (Lipinski definition) is 3. The fourth-order valence-electron chi connectivity index (χ4n) is 2.13. The molecule has 4 heteroatoms. The monoisotopic (exact) mass is 269 g/mol. The summed E-state index contributed by atoms with van der Waals surface area (Å²) in [7, 11) is 3.57. The van der Waals surface area contributed by atoms with Crippen LogP contribution in [0, 0.1) is 11.3 Å². The molecule has 0 saturated heterocycles. The Labute approximate surface area is 119 Å². The number of ether oxygens (including phenoxy) is 1. The van der Waals surface area contributed by atoms with E-state index in [4.69, 9.17) is 10.00 Å². The summed E-state index contributed by atoms with van der Waals surface area (Å²) in [5.74, 6) is 0.893. The van der Waals surface area contributed by atoms with Crippen molar-refractivity contribution in [2.45, 2.75) is 13.0 Å². The minimum absolute atomic E-state index is 0.689. The molecule has 2 aromatic rings. The van der Waals surface area contributed by atoms with Gasteiger partial charge in [-0.3, -0.25) is 0 Å². The molecule has 104 valence electrons. The fraction of sp³-hybridized carbons (Fsp3) is 0.312. The molecule has 0 unspecified atom stereocenters. The Morgan fingerprint density at radius 3 is 2.85 bits per heavy atom. The third-order valence-corrected chi connectivity index (χ3v) is 3.23. The van der Waals surface area contributed by atoms with Crippen LogP contribution in [0.3, 0.4) is 0 Å². The largest absolute Gasteiger partial charge is 0.497 e. The molecule has 0 aliphatic heterocycles. The number of aryl methyl sites for hydroxylation is 1. The molecule has 0 amide bonds. The average Bonchev–Trinajstić information content (AvgIpc) is 2.84. The first-order chi connectivity index (χ1) is 9.72. The van der Waals surface area contributed by atoms with E-state index in [1.54, 1.807) is 7.11 Å². The van der Waals surface area contributed by atoms with Gasteiger partial charge in [-0.15, -0.1) is 0 Å². The lowest BCUT2D eigenvalue weighted by molar-refractivity contribution is 0.414. The number of aromatic nitrogens is 1. The number of nitrogens with zero attached hydrogens (tertiary/aromatic N) is 2. The van der Waals surface area contributed by atoms with Gasteiger partial charge in [-0.05, 0) is 42.3 Å². The molecule has 1 N–H and O–H groups in total. The predicted molar refractivity (Wildman–Crippen MR) is 78.5 cm³/mol. The normalized spacial score (nSPS) is 10.2. The van der Waals surface area contributed by atoms with Crippen LogP contribution < -0.4 is 10.1 Å². The zero-order chi connectivity index (χ0) is 14.4. The summed E-state index contributed by atoms with van der Waals surface area (Å²) in [6.45, 7) is 1.67. The summed E-state index contributed by atoms with van der Waals surface area (Å²) in [4.78, 5) is 0. The van der Waals surface area contributed by atoms with E-state index in [0.717, 1.165) is 30.8 Å². The van der Waals surface area contributed by atoms with Gasteiger partial charge in [-0.1, -0.05) is 12.1 Å². The molecular formula is C16H19N3O. The number of benzene rings is 1. The highest BCUT2D eigenvalue weighted by molar-refractivity contribution is 5.29. The van der Waals surface area contributed by atoms with Crippen LogP contribution in [0.1, 0.15) is 16.8 Å². The first-order valence-corrected chi connectivity index (χ1v) is 6.62. The predicted octanol–water partition coefficient (Wildman–Crippen LogP) is 2.24. The standard InChI is InChI=1S/C16H19N3O/c1-19-12-14(8-15(19)10-17)11-18-7-6-13-4-3-5-16(9-13)20-2/h3-5,8-9,12,18H,6-7,11H2,1-2H3. The minimum Gasteiger partial charge on any atom is -0.497 e. The molecule has 0 bridgehead atoms. The summed E-state index contributed by atoms with van der Waals surface area (Å²) >= 11 is 0. The number of nitriles is 1. The zero-order valence-electron chi connectivity index (χ0n) is 11.9. The first kappa shape index (κ1) is 14.2. The molecule has 1 heterocycles. The van der Waals surface area contributed by atoms with Crippen molar-refractivity contribution in [1.82, 2.24) is 9.88 Å². The maximum Gasteiger partial charge on any atom is 0.120 e. The molecule has 0 radical (unpaired) electrons. The highest BCUT2D eigenvalue weighted by Gasteiger charge is 2.02. The van der Waals surface area contributed by atoms with E-state index < -0.39 is 0 Å². The maximum absolute atomic E-state index is 8.90. The average molecular weight is 269 g/mol. The van der Waals surface area contributed by atoms with Gasteiger partial charge >= 0.3 is 0 Å². The topological polar surface area (TPSA) is 50.0 Å². The second kappa shape index (κ2) is 6.78. The van der Waals surface area contributed by atoms with E-state index in [1.807, 2.05) is 36.0 Å². The Kier molecular flexibility index (Phi) is 4.80. The lowest BCUT2D eigenvalue weighted by atomic mass is 10.1. The van der Waals surface area contributed by atoms with Crippen molar-refractivity contribution in [3.05, 3.63) is 53.3 Å². The van der Waals surface area contributed by atoms with Gasteiger partial charge in [0.05, 0.1) is 7.11 Å². The highest BCUT2D eigenvalue weighted by Crippen LogP contribution is 2.12. The second-order valence-corrected chi connectivity index (χ2v) is 4.73. The van der Waals surface area contributed by atoms with Crippen molar-refractivity contribution in [2.75, 3.05) is 13.7 Å². The van der Waals surface area contributed by atoms with Gasteiger partial charge in [0, 0.05) is 19.8 Å². The highest BCUT2D eigenvalue weighted by atomic mass is 16.5. The molecule has 1 aromatic carbocycles. The summed E-state index contributed by atoms with van der Waals surface area (Å²) in [5, 5.41) is 12.3. The quantitative estimate of drug-likeness (QED) is 0.818. The second-order valence-electron chi connectivity index (χ2n) is 4.73. The van der Waals surface area contributed by atoms with E-state index in [0.29, 0.717) is 5.69 Å². The first-order valence-electron chi connectivity index (χ1n) is 6.62. The van der Waals surface area contributed by atoms with Crippen molar-refractivity contribution in [3.8, 4) is 11.8 Å². The zero-order valence-corrected chi connectivity index (χ0v) is 11.9. The fourth-order valence-corrected chi connectivity index (χ4v) is 2.13. The summed E-state index contributed by atoms with van der Waals surface area (Å²) in [6, 6.07) is 12.2. The minimum atomic E-state index is 0.689. The van der Waals surface area contributed by atoms with Gasteiger partial charge in [0.15, 0.2) is 0 Å². The van der Waals surface area contributed by atoms with Crippen LogP contribution in [0.25, 0.3) is 0 Å². The molecule has 0 saturated carbocycles. The van der Waals surface area contributed by atoms with Crippen LogP contribution in [0.15, 0.2) is 36.5 Å². The molecule has 0 aliphatic rings. The van der Waals surface area contributed by atoms with Crippen molar-refractivity contribution in [3.63, 3.8) is 0 Å². The Balaban J connectivity index is 1.80. The van der Waals surface area contributed by atoms with Crippen LogP contribution in [0.5, 0.6) is 5.75 Å². The van der Waals surface area contributed by atoms with Crippen LogP contribution >= 0.6 is 0 Å². The molecule has 0 aliphatic carbocycles. The summed E-state index contributed by atoms with van der Waals surface area (Å²) < 4.78 is 7.05. The van der Waals surface area contributed by atoms with Crippen molar-refractivity contribution >= 4 is 0 Å². The van der Waals surface area contributed by atoms with Crippen molar-refractivity contribution in [1.29, 1.82) is 5.26 Å². The van der Waals surface area contributed by atoms with Crippen LogP contribution in [0.2, 0.25) is 0 Å². The summed E-state index contributed by atoms with van der Waals surface area (Å²) in [6.07, 6.45) is 2.94. The van der Waals surface area contributed by atoms with Gasteiger partial charge in [-0.25, -0.2) is 0 Å². The third-order valence-electron chi connectivity index (χ3n) is 3.23. The number of methoxy groups -OCH3 is 1. The molecule has 4 nitrogen and oxygen atoms in total. The lowest BCUT2D eigenvalue weighted by Crippen LogP contribution is -2.16. The van der Waals surface area contributed by atoms with Gasteiger partial charge in [0.2, 0.25) is 0 Å². The Morgan fingerprint density at radius 2 is 2.15 bits per heavy atom. The molecule has 0 fully saturated rings. The van der Waals surface area contributed by atoms with Gasteiger partial charge in [-0.2, -0.15) is 5.26 Å². The molecule has 20 heavy (non-hydrogen) atoms. The van der Waals surface area contributed by atoms with E-state index in [1.165, 1.54) is 5.56 Å². The van der Waals surface area contributed by atoms with Gasteiger partial charge in [0.1, 0.15) is 17.5 Å². The molecule has 1 aromatic heterocycles. The maximum atomic E-state index is 8.90. The number of nitrogens with one attached hydrogen (secondary N) is 1. The van der Waals surface area contributed by atoms with Crippen molar-refractivity contribution < 1.29 is 4.74 Å². The smallest absolute Gasteiger partial charge is 0.120 e. The van der Waals surface area contributed by atoms with Crippen LogP contribution in [-0.4, -0.2) is 18.2 Å². The van der Waals surface area contributed by atoms with Crippen LogP contribution in [0.4, 0.5) is 0 Å². The van der Waals surface area contributed by atoms with Crippen LogP contribution in [-0.2, 0) is 20.0 Å². The molecule has 0 spiro atoms. The molecule has 2 rings (SSSR count). The summed E-state index contributed by atoms with van der Waals surface area (Å²) in [5.41, 5.74) is 3.08. The number of rotatable bonds is 6.